The van der Waals surface area contributed by atoms with E-state index in [9.17, 15) is 0 Å². The Labute approximate surface area is 270 Å². The van der Waals surface area contributed by atoms with Gasteiger partial charge in [0.15, 0.2) is 0 Å². The Morgan fingerprint density at radius 1 is 0.429 bits per heavy atom. The van der Waals surface area contributed by atoms with Crippen molar-refractivity contribution in [3.05, 3.63) is 58.7 Å². The van der Waals surface area contributed by atoms with Crippen molar-refractivity contribution in [2.24, 2.45) is 9.98 Å². The van der Waals surface area contributed by atoms with Gasteiger partial charge in [-0.15, -0.1) is 0 Å². The molecule has 2 nitrogen and oxygen atoms in total. The second-order valence-corrected chi connectivity index (χ2v) is 12.0. The predicted octanol–water partition coefficient (Wildman–Crippen LogP) is 12.7. The van der Waals surface area contributed by atoms with Crippen molar-refractivity contribution in [1.82, 2.24) is 0 Å². The van der Waals surface area contributed by atoms with E-state index < -0.39 is 0 Å². The Morgan fingerprint density at radius 2 is 0.786 bits per heavy atom. The van der Waals surface area contributed by atoms with Crippen LogP contribution in [0.3, 0.4) is 0 Å². The summed E-state index contributed by atoms with van der Waals surface area (Å²) in [4.78, 5) is 10.8. The molecule has 0 N–H and O–H groups in total. The molecule has 2 aromatic rings. The van der Waals surface area contributed by atoms with Crippen LogP contribution in [0, 0.1) is 0 Å². The van der Waals surface area contributed by atoms with Gasteiger partial charge in [-0.25, -0.2) is 0 Å². The van der Waals surface area contributed by atoms with Crippen LogP contribution in [0.4, 0.5) is 11.4 Å². The van der Waals surface area contributed by atoms with Crippen LogP contribution < -0.4 is 0 Å². The first-order valence-electron chi connectivity index (χ1n) is 17.5. The number of hydrogen-bond donors (Lipinski definition) is 0. The monoisotopic (exact) mass is 616 g/mol. The Hall–Kier alpha value is -1.73. The fourth-order valence-corrected chi connectivity index (χ4v) is 5.85. The third kappa shape index (κ3) is 14.2. The van der Waals surface area contributed by atoms with Crippen LogP contribution in [-0.4, -0.2) is 11.4 Å². The number of benzene rings is 2. The Morgan fingerprint density at radius 3 is 1.21 bits per heavy atom. The van der Waals surface area contributed by atoms with Gasteiger partial charge in [-0.3, -0.25) is 9.98 Å². The van der Waals surface area contributed by atoms with Gasteiger partial charge in [-0.1, -0.05) is 124 Å². The summed E-state index contributed by atoms with van der Waals surface area (Å²) in [7, 11) is 0. The molecule has 238 valence electrons. The molecule has 0 saturated heterocycles. The largest absolute Gasteiger partial charge is 0.252 e. The molecule has 0 unspecified atom stereocenters. The molecule has 0 aliphatic heterocycles. The maximum absolute atomic E-state index is 5.40. The van der Waals surface area contributed by atoms with Crippen LogP contribution in [0.1, 0.15) is 160 Å². The number of unbranched alkanes of at least 4 members (excludes halogenated alkanes) is 7. The van der Waals surface area contributed by atoms with E-state index in [0.717, 1.165) is 49.9 Å². The predicted molar refractivity (Wildman–Crippen MR) is 185 cm³/mol. The van der Waals surface area contributed by atoms with Gasteiger partial charge in [-0.2, -0.15) is 0 Å². The zero-order valence-corrected chi connectivity index (χ0v) is 29.1. The van der Waals surface area contributed by atoms with Crippen molar-refractivity contribution in [3.8, 4) is 0 Å². The molecule has 2 aromatic carbocycles. The van der Waals surface area contributed by atoms with Crippen LogP contribution in [0.15, 0.2) is 46.4 Å². The fourth-order valence-electron chi connectivity index (χ4n) is 5.85. The summed E-state index contributed by atoms with van der Waals surface area (Å²) in [6.07, 6.45) is 22.8. The first-order valence-corrected chi connectivity index (χ1v) is 17.5. The van der Waals surface area contributed by atoms with Crippen LogP contribution in [0.5, 0.6) is 0 Å². The van der Waals surface area contributed by atoms with Crippen molar-refractivity contribution < 1.29 is 16.5 Å². The molecule has 0 radical (unpaired) electrons. The summed E-state index contributed by atoms with van der Waals surface area (Å²) >= 11 is 0. The molecule has 0 saturated carbocycles. The SMILES string of the molecule is CCCCCCCCC(=N\c1ccc(CCC)c(CCC)c1)/C(CCCCC)=N/c1ccc(CCC)c(CCC)c1.[Ni]. The Balaban J connectivity index is 0.00000882. The molecule has 0 heterocycles. The number of nitrogens with zero attached hydrogens (tertiary/aromatic N) is 2. The van der Waals surface area contributed by atoms with Gasteiger partial charge >= 0.3 is 0 Å². The van der Waals surface area contributed by atoms with Crippen molar-refractivity contribution in [3.63, 3.8) is 0 Å². The van der Waals surface area contributed by atoms with E-state index in [4.69, 9.17) is 9.98 Å². The van der Waals surface area contributed by atoms with Gasteiger partial charge in [0.05, 0.1) is 22.8 Å². The summed E-state index contributed by atoms with van der Waals surface area (Å²) in [6.45, 7) is 13.7. The summed E-state index contributed by atoms with van der Waals surface area (Å²) < 4.78 is 0. The number of hydrogen-bond acceptors (Lipinski definition) is 2. The molecule has 0 atom stereocenters. The summed E-state index contributed by atoms with van der Waals surface area (Å²) in [6, 6.07) is 13.9. The molecular formula is C39H62N2Ni. The average Bonchev–Trinajstić information content (AvgIpc) is 2.97. The standard InChI is InChI=1S/C39H62N2.Ni/c1-7-13-15-16-17-19-25-39(41-37-29-27-33(21-10-4)35(31-37)23-12-6)38(24-18-14-8-2)40-36-28-26-32(20-9-3)34(30-36)22-11-5;/h26-31H,7-25H2,1-6H3;/b40-38+,41-39+;. The van der Waals surface area contributed by atoms with Crippen molar-refractivity contribution >= 4 is 22.8 Å². The van der Waals surface area contributed by atoms with E-state index in [1.807, 2.05) is 0 Å². The minimum atomic E-state index is 0. The number of aryl methyl sites for hydroxylation is 4. The molecule has 2 rings (SSSR count). The first kappa shape index (κ1) is 38.3. The van der Waals surface area contributed by atoms with Crippen LogP contribution in [0.25, 0.3) is 0 Å². The van der Waals surface area contributed by atoms with Gasteiger partial charge < -0.3 is 0 Å². The number of rotatable bonds is 22. The van der Waals surface area contributed by atoms with Gasteiger partial charge in [0, 0.05) is 16.5 Å². The average molecular weight is 618 g/mol. The van der Waals surface area contributed by atoms with Gasteiger partial charge in [0.2, 0.25) is 0 Å². The molecule has 0 amide bonds. The Kier molecular flexibility index (Phi) is 21.6. The smallest absolute Gasteiger partial charge is 0.0636 e. The van der Waals surface area contributed by atoms with Crippen LogP contribution in [-0.2, 0) is 42.2 Å². The zero-order chi connectivity index (χ0) is 29.7. The van der Waals surface area contributed by atoms with Gasteiger partial charge in [0.25, 0.3) is 0 Å². The van der Waals surface area contributed by atoms with E-state index in [2.05, 4.69) is 77.9 Å². The fraction of sp³-hybridized carbons (Fsp3) is 0.641. The maximum atomic E-state index is 5.40. The molecule has 42 heavy (non-hydrogen) atoms. The quantitative estimate of drug-likeness (QED) is 0.0713. The third-order valence-corrected chi connectivity index (χ3v) is 8.10. The third-order valence-electron chi connectivity index (χ3n) is 8.10. The van der Waals surface area contributed by atoms with Gasteiger partial charge in [-0.05, 0) is 97.9 Å². The molecule has 0 aliphatic carbocycles. The molecule has 0 aromatic heterocycles. The summed E-state index contributed by atoms with van der Waals surface area (Å²) in [5.41, 5.74) is 10.6. The van der Waals surface area contributed by atoms with E-state index in [0.29, 0.717) is 0 Å². The molecule has 3 heteroatoms. The molecule has 0 bridgehead atoms. The molecular weight excluding hydrogens is 555 g/mol. The topological polar surface area (TPSA) is 24.7 Å². The normalized spacial score (nSPS) is 12.0. The molecule has 0 spiro atoms. The van der Waals surface area contributed by atoms with Crippen LogP contribution >= 0.6 is 0 Å². The summed E-state index contributed by atoms with van der Waals surface area (Å²) in [5, 5.41) is 0. The summed E-state index contributed by atoms with van der Waals surface area (Å²) in [5.74, 6) is 0. The minimum Gasteiger partial charge on any atom is -0.252 e. The van der Waals surface area contributed by atoms with E-state index in [1.54, 1.807) is 0 Å². The second-order valence-electron chi connectivity index (χ2n) is 12.0. The minimum absolute atomic E-state index is 0. The van der Waals surface area contributed by atoms with E-state index >= 15 is 0 Å². The molecule has 0 aliphatic rings. The Bertz CT molecular complexity index is 1050. The van der Waals surface area contributed by atoms with E-state index in [-0.39, 0.29) is 16.5 Å². The van der Waals surface area contributed by atoms with Gasteiger partial charge in [0.1, 0.15) is 0 Å². The van der Waals surface area contributed by atoms with E-state index in [1.165, 1.54) is 117 Å². The van der Waals surface area contributed by atoms with Crippen LogP contribution in [0.2, 0.25) is 0 Å². The number of aliphatic imine (C=N–C) groups is 2. The van der Waals surface area contributed by atoms with Crippen molar-refractivity contribution in [2.45, 2.75) is 164 Å². The molecule has 0 fully saturated rings. The van der Waals surface area contributed by atoms with Crippen molar-refractivity contribution in [2.75, 3.05) is 0 Å². The zero-order valence-electron chi connectivity index (χ0n) is 28.1. The second kappa shape index (κ2) is 23.7. The van der Waals surface area contributed by atoms with Crippen molar-refractivity contribution in [1.29, 1.82) is 0 Å². The maximum Gasteiger partial charge on any atom is 0.0636 e. The first-order chi connectivity index (χ1) is 20.1.